The third-order valence-corrected chi connectivity index (χ3v) is 6.96. The quantitative estimate of drug-likeness (QED) is 0.463. The van der Waals surface area contributed by atoms with Crippen LogP contribution in [-0.4, -0.2) is 31.8 Å². The van der Waals surface area contributed by atoms with Crippen molar-refractivity contribution < 1.29 is 12.8 Å². The molecule has 0 N–H and O–H groups in total. The zero-order chi connectivity index (χ0) is 19.6. The first-order chi connectivity index (χ1) is 12.8. The lowest BCUT2D eigenvalue weighted by atomic mass is 10.1. The van der Waals surface area contributed by atoms with Crippen molar-refractivity contribution in [2.24, 2.45) is 0 Å². The molecule has 1 aromatic carbocycles. The summed E-state index contributed by atoms with van der Waals surface area (Å²) in [6.07, 6.45) is 2.22. The van der Waals surface area contributed by atoms with Gasteiger partial charge in [-0.1, -0.05) is 19.1 Å². The standard InChI is InChI=1S/C19H20N2O4S2/c1-4-13-5-7-16-14(10-19(22)25-17(16)9-13)12-26-18-8-6-15(11-20-18)27(23,24)21(2)3/h5-11H,4,12H2,1-3H3. The summed E-state index contributed by atoms with van der Waals surface area (Å²) in [5.74, 6) is 0.528. The smallest absolute Gasteiger partial charge is 0.336 e. The summed E-state index contributed by atoms with van der Waals surface area (Å²) in [5.41, 5.74) is 2.17. The van der Waals surface area contributed by atoms with Gasteiger partial charge in [0.15, 0.2) is 0 Å². The Bertz CT molecular complexity index is 1120. The minimum absolute atomic E-state index is 0.148. The van der Waals surface area contributed by atoms with Gasteiger partial charge in [-0.3, -0.25) is 0 Å². The van der Waals surface area contributed by atoms with Crippen LogP contribution >= 0.6 is 11.8 Å². The molecule has 0 spiro atoms. The predicted molar refractivity (Wildman–Crippen MR) is 107 cm³/mol. The highest BCUT2D eigenvalue weighted by Crippen LogP contribution is 2.26. The normalized spacial score (nSPS) is 12.0. The number of hydrogen-bond acceptors (Lipinski definition) is 6. The van der Waals surface area contributed by atoms with Gasteiger partial charge >= 0.3 is 5.63 Å². The largest absolute Gasteiger partial charge is 0.423 e. The number of benzene rings is 1. The van der Waals surface area contributed by atoms with Crippen LogP contribution in [0.25, 0.3) is 11.0 Å². The van der Waals surface area contributed by atoms with Crippen molar-refractivity contribution in [3.05, 3.63) is 64.1 Å². The van der Waals surface area contributed by atoms with E-state index >= 15 is 0 Å². The van der Waals surface area contributed by atoms with Gasteiger partial charge in [-0.05, 0) is 35.7 Å². The summed E-state index contributed by atoms with van der Waals surface area (Å²) >= 11 is 1.43. The van der Waals surface area contributed by atoms with Gasteiger partial charge < -0.3 is 4.42 Å². The van der Waals surface area contributed by atoms with E-state index in [2.05, 4.69) is 4.98 Å². The van der Waals surface area contributed by atoms with E-state index in [1.807, 2.05) is 25.1 Å². The second kappa shape index (κ2) is 7.84. The summed E-state index contributed by atoms with van der Waals surface area (Å²) < 4.78 is 30.7. The maximum Gasteiger partial charge on any atom is 0.336 e. The van der Waals surface area contributed by atoms with Crippen molar-refractivity contribution in [3.8, 4) is 0 Å². The fourth-order valence-electron chi connectivity index (χ4n) is 2.58. The molecule has 8 heteroatoms. The average molecular weight is 405 g/mol. The molecule has 0 atom stereocenters. The topological polar surface area (TPSA) is 80.5 Å². The van der Waals surface area contributed by atoms with E-state index < -0.39 is 10.0 Å². The highest BCUT2D eigenvalue weighted by molar-refractivity contribution is 7.98. The van der Waals surface area contributed by atoms with Crippen molar-refractivity contribution in [1.82, 2.24) is 9.29 Å². The van der Waals surface area contributed by atoms with E-state index in [1.54, 1.807) is 6.07 Å². The van der Waals surface area contributed by atoms with Gasteiger partial charge in [-0.2, -0.15) is 0 Å². The molecule has 0 aliphatic carbocycles. The Labute approximate surface area is 162 Å². The summed E-state index contributed by atoms with van der Waals surface area (Å²) in [6.45, 7) is 2.05. The lowest BCUT2D eigenvalue weighted by Gasteiger charge is -2.11. The molecule has 0 bridgehead atoms. The molecule has 3 rings (SSSR count). The molecule has 0 aliphatic heterocycles. The van der Waals surface area contributed by atoms with Gasteiger partial charge in [0.25, 0.3) is 0 Å². The van der Waals surface area contributed by atoms with Crippen molar-refractivity contribution in [1.29, 1.82) is 0 Å². The number of nitrogens with zero attached hydrogens (tertiary/aromatic N) is 2. The molecule has 6 nitrogen and oxygen atoms in total. The average Bonchev–Trinajstić information content (AvgIpc) is 2.65. The van der Waals surface area contributed by atoms with Crippen LogP contribution in [0.3, 0.4) is 0 Å². The van der Waals surface area contributed by atoms with Crippen LogP contribution in [0.15, 0.2) is 61.7 Å². The number of pyridine rings is 1. The second-order valence-electron chi connectivity index (χ2n) is 6.18. The Balaban J connectivity index is 1.84. The molecule has 2 aromatic heterocycles. The number of thioether (sulfide) groups is 1. The molecular weight excluding hydrogens is 384 g/mol. The van der Waals surface area contributed by atoms with E-state index in [9.17, 15) is 13.2 Å². The van der Waals surface area contributed by atoms with Crippen LogP contribution in [0.1, 0.15) is 18.1 Å². The van der Waals surface area contributed by atoms with Crippen LogP contribution in [0, 0.1) is 0 Å². The van der Waals surface area contributed by atoms with Crippen molar-refractivity contribution in [2.75, 3.05) is 14.1 Å². The highest BCUT2D eigenvalue weighted by atomic mass is 32.2. The Kier molecular flexibility index (Phi) is 5.69. The van der Waals surface area contributed by atoms with Crippen LogP contribution < -0.4 is 5.63 Å². The molecule has 0 saturated heterocycles. The summed E-state index contributed by atoms with van der Waals surface area (Å²) in [7, 11) is -0.534. The second-order valence-corrected chi connectivity index (χ2v) is 9.33. The molecular formula is C19H20N2O4S2. The zero-order valence-corrected chi connectivity index (χ0v) is 16.9. The Hall–Kier alpha value is -2.16. The maximum atomic E-state index is 12.1. The molecule has 0 radical (unpaired) electrons. The summed E-state index contributed by atoms with van der Waals surface area (Å²) in [4.78, 5) is 16.2. The first-order valence-corrected chi connectivity index (χ1v) is 10.8. The van der Waals surface area contributed by atoms with E-state index in [1.165, 1.54) is 44.2 Å². The van der Waals surface area contributed by atoms with Crippen LogP contribution in [0.4, 0.5) is 0 Å². The molecule has 0 aliphatic rings. The Morgan fingerprint density at radius 1 is 1.15 bits per heavy atom. The third kappa shape index (κ3) is 4.23. The Morgan fingerprint density at radius 2 is 1.93 bits per heavy atom. The number of sulfonamides is 1. The van der Waals surface area contributed by atoms with E-state index in [-0.39, 0.29) is 10.5 Å². The first-order valence-electron chi connectivity index (χ1n) is 8.38. The molecule has 2 heterocycles. The highest BCUT2D eigenvalue weighted by Gasteiger charge is 2.17. The lowest BCUT2D eigenvalue weighted by molar-refractivity contribution is 0.520. The van der Waals surface area contributed by atoms with Crippen LogP contribution in [0.5, 0.6) is 0 Å². The molecule has 142 valence electrons. The van der Waals surface area contributed by atoms with Crippen LogP contribution in [-0.2, 0) is 22.2 Å². The molecule has 27 heavy (non-hydrogen) atoms. The summed E-state index contributed by atoms with van der Waals surface area (Å²) in [6, 6.07) is 10.6. The van der Waals surface area contributed by atoms with Gasteiger partial charge in [0.05, 0.1) is 5.03 Å². The molecule has 3 aromatic rings. The molecule has 0 amide bonds. The fraction of sp³-hybridized carbons (Fsp3) is 0.263. The number of fused-ring (bicyclic) bond motifs is 1. The fourth-order valence-corrected chi connectivity index (χ4v) is 4.26. The third-order valence-electron chi connectivity index (χ3n) is 4.17. The number of aryl methyl sites for hydroxylation is 1. The van der Waals surface area contributed by atoms with E-state index in [0.29, 0.717) is 16.4 Å². The van der Waals surface area contributed by atoms with Crippen molar-refractivity contribution in [3.63, 3.8) is 0 Å². The molecule has 0 saturated carbocycles. The lowest BCUT2D eigenvalue weighted by Crippen LogP contribution is -2.22. The SMILES string of the molecule is CCc1ccc2c(CSc3ccc(S(=O)(=O)N(C)C)cn3)cc(=O)oc2c1. The maximum absolute atomic E-state index is 12.1. The van der Waals surface area contributed by atoms with Gasteiger partial charge in [-0.15, -0.1) is 11.8 Å². The van der Waals surface area contributed by atoms with E-state index in [0.717, 1.165) is 27.2 Å². The molecule has 0 unspecified atom stereocenters. The van der Waals surface area contributed by atoms with Crippen molar-refractivity contribution >= 4 is 32.8 Å². The monoisotopic (exact) mass is 404 g/mol. The van der Waals surface area contributed by atoms with Gasteiger partial charge in [-0.25, -0.2) is 22.5 Å². The minimum atomic E-state index is -3.49. The number of rotatable bonds is 6. The zero-order valence-electron chi connectivity index (χ0n) is 15.3. The minimum Gasteiger partial charge on any atom is -0.423 e. The summed E-state index contributed by atoms with van der Waals surface area (Å²) in [5, 5.41) is 1.57. The first kappa shape index (κ1) is 19.6. The van der Waals surface area contributed by atoms with Gasteiger partial charge in [0.1, 0.15) is 10.5 Å². The van der Waals surface area contributed by atoms with Crippen molar-refractivity contribution in [2.45, 2.75) is 29.0 Å². The van der Waals surface area contributed by atoms with Gasteiger partial charge in [0.2, 0.25) is 10.0 Å². The van der Waals surface area contributed by atoms with Crippen LogP contribution in [0.2, 0.25) is 0 Å². The number of hydrogen-bond donors (Lipinski definition) is 0. The predicted octanol–water partition coefficient (Wildman–Crippen LogP) is 3.29. The Morgan fingerprint density at radius 3 is 2.56 bits per heavy atom. The number of aromatic nitrogens is 1. The molecule has 0 fully saturated rings. The van der Waals surface area contributed by atoms with Gasteiger partial charge in [0, 0.05) is 37.5 Å². The van der Waals surface area contributed by atoms with E-state index in [4.69, 9.17) is 4.42 Å².